The van der Waals surface area contributed by atoms with Gasteiger partial charge in [0.1, 0.15) is 0 Å². The largest absolute Gasteiger partial charge is 0.394 e. The zero-order valence-electron chi connectivity index (χ0n) is 11.1. The lowest BCUT2D eigenvalue weighted by Crippen LogP contribution is -2.26. The number of para-hydroxylation sites is 1. The van der Waals surface area contributed by atoms with Gasteiger partial charge in [0.15, 0.2) is 9.84 Å². The van der Waals surface area contributed by atoms with E-state index >= 15 is 0 Å². The van der Waals surface area contributed by atoms with Crippen LogP contribution in [0, 0.1) is 5.92 Å². The fraction of sp³-hybridized carbons (Fsp3) is 0.538. The quantitative estimate of drug-likeness (QED) is 0.829. The molecule has 18 heavy (non-hydrogen) atoms. The van der Waals surface area contributed by atoms with Gasteiger partial charge in [-0.1, -0.05) is 26.0 Å². The van der Waals surface area contributed by atoms with E-state index in [0.717, 1.165) is 6.42 Å². The summed E-state index contributed by atoms with van der Waals surface area (Å²) in [6.07, 6.45) is 1.97. The molecule has 0 radical (unpaired) electrons. The number of anilines is 1. The number of aliphatic hydroxyl groups excluding tert-OH is 1. The summed E-state index contributed by atoms with van der Waals surface area (Å²) in [5, 5.41) is 12.4. The average molecular weight is 271 g/mol. The molecule has 0 aromatic heterocycles. The van der Waals surface area contributed by atoms with Crippen LogP contribution in [0.3, 0.4) is 0 Å². The normalized spacial score (nSPS) is 13.6. The molecule has 5 heteroatoms. The molecule has 0 bridgehead atoms. The van der Waals surface area contributed by atoms with E-state index in [2.05, 4.69) is 19.2 Å². The van der Waals surface area contributed by atoms with Crippen LogP contribution in [0.1, 0.15) is 20.3 Å². The maximum absolute atomic E-state index is 11.6. The van der Waals surface area contributed by atoms with Crippen LogP contribution in [-0.2, 0) is 9.84 Å². The summed E-state index contributed by atoms with van der Waals surface area (Å²) in [6, 6.07) is 6.63. The standard InChI is InChI=1S/C13H21NO3S/c1-10(2)8-11(9-15)14-12-6-4-5-7-13(12)18(3,16)17/h4-7,10-11,14-15H,8-9H2,1-3H3. The molecule has 0 aliphatic carbocycles. The number of aliphatic hydroxyl groups is 1. The van der Waals surface area contributed by atoms with E-state index in [-0.39, 0.29) is 17.5 Å². The van der Waals surface area contributed by atoms with Crippen molar-refractivity contribution in [2.45, 2.75) is 31.2 Å². The van der Waals surface area contributed by atoms with Gasteiger partial charge in [-0.15, -0.1) is 0 Å². The van der Waals surface area contributed by atoms with Crippen molar-refractivity contribution in [1.82, 2.24) is 0 Å². The van der Waals surface area contributed by atoms with E-state index in [9.17, 15) is 13.5 Å². The molecule has 1 aromatic rings. The first-order valence-electron chi connectivity index (χ1n) is 6.01. The van der Waals surface area contributed by atoms with Gasteiger partial charge in [0, 0.05) is 12.3 Å². The van der Waals surface area contributed by atoms with E-state index in [1.807, 2.05) is 0 Å². The van der Waals surface area contributed by atoms with Crippen molar-refractivity contribution < 1.29 is 13.5 Å². The van der Waals surface area contributed by atoms with Crippen LogP contribution in [0.25, 0.3) is 0 Å². The number of sulfone groups is 1. The van der Waals surface area contributed by atoms with Gasteiger partial charge in [0.05, 0.1) is 17.2 Å². The Morgan fingerprint density at radius 2 is 1.89 bits per heavy atom. The molecule has 0 amide bonds. The Balaban J connectivity index is 2.96. The summed E-state index contributed by atoms with van der Waals surface area (Å²) in [7, 11) is -3.26. The monoisotopic (exact) mass is 271 g/mol. The number of hydrogen-bond acceptors (Lipinski definition) is 4. The number of hydrogen-bond donors (Lipinski definition) is 2. The van der Waals surface area contributed by atoms with Crippen LogP contribution in [0.2, 0.25) is 0 Å². The van der Waals surface area contributed by atoms with Gasteiger partial charge in [-0.05, 0) is 24.5 Å². The molecule has 0 aliphatic heterocycles. The Labute approximate surface area is 109 Å². The van der Waals surface area contributed by atoms with Crippen molar-refractivity contribution >= 4 is 15.5 Å². The third kappa shape index (κ3) is 4.31. The molecule has 1 atom stereocenters. The highest BCUT2D eigenvalue weighted by Gasteiger charge is 2.16. The van der Waals surface area contributed by atoms with Crippen LogP contribution in [0.4, 0.5) is 5.69 Å². The van der Waals surface area contributed by atoms with Crippen molar-refractivity contribution in [2.75, 3.05) is 18.2 Å². The first-order valence-corrected chi connectivity index (χ1v) is 7.90. The Morgan fingerprint density at radius 1 is 1.28 bits per heavy atom. The molecule has 4 nitrogen and oxygen atoms in total. The van der Waals surface area contributed by atoms with Crippen molar-refractivity contribution in [2.24, 2.45) is 5.92 Å². The third-order valence-electron chi connectivity index (χ3n) is 2.62. The lowest BCUT2D eigenvalue weighted by atomic mass is 10.0. The van der Waals surface area contributed by atoms with Crippen molar-refractivity contribution in [3.05, 3.63) is 24.3 Å². The second kappa shape index (κ2) is 6.20. The van der Waals surface area contributed by atoms with Crippen LogP contribution < -0.4 is 5.32 Å². The van der Waals surface area contributed by atoms with Gasteiger partial charge in [0.2, 0.25) is 0 Å². The zero-order valence-corrected chi connectivity index (χ0v) is 11.9. The summed E-state index contributed by atoms with van der Waals surface area (Å²) in [4.78, 5) is 0.271. The number of rotatable bonds is 6. The topological polar surface area (TPSA) is 66.4 Å². The summed E-state index contributed by atoms with van der Waals surface area (Å²) in [6.45, 7) is 4.11. The van der Waals surface area contributed by atoms with E-state index in [1.165, 1.54) is 6.26 Å². The Bertz CT molecular complexity index is 483. The minimum atomic E-state index is -3.26. The number of nitrogens with one attached hydrogen (secondary N) is 1. The van der Waals surface area contributed by atoms with Crippen LogP contribution in [0.5, 0.6) is 0 Å². The Hall–Kier alpha value is -1.07. The molecular weight excluding hydrogens is 250 g/mol. The maximum atomic E-state index is 11.6. The predicted molar refractivity (Wildman–Crippen MR) is 73.5 cm³/mol. The van der Waals surface area contributed by atoms with Crippen LogP contribution in [0.15, 0.2) is 29.2 Å². The minimum absolute atomic E-state index is 0.0176. The third-order valence-corrected chi connectivity index (χ3v) is 3.78. The predicted octanol–water partition coefficient (Wildman–Crippen LogP) is 1.91. The summed E-state index contributed by atoms with van der Waals surface area (Å²) >= 11 is 0. The van der Waals surface area contributed by atoms with Crippen LogP contribution >= 0.6 is 0 Å². The van der Waals surface area contributed by atoms with E-state index in [0.29, 0.717) is 11.6 Å². The first-order chi connectivity index (χ1) is 8.34. The molecule has 0 saturated carbocycles. The highest BCUT2D eigenvalue weighted by atomic mass is 32.2. The lowest BCUT2D eigenvalue weighted by molar-refractivity contribution is 0.259. The van der Waals surface area contributed by atoms with Gasteiger partial charge in [0.25, 0.3) is 0 Å². The molecule has 0 heterocycles. The second-order valence-corrected chi connectivity index (χ2v) is 6.91. The highest BCUT2D eigenvalue weighted by Crippen LogP contribution is 2.22. The van der Waals surface area contributed by atoms with E-state index < -0.39 is 9.84 Å². The Kier molecular flexibility index (Phi) is 5.16. The summed E-state index contributed by atoms with van der Waals surface area (Å²) in [5.41, 5.74) is 0.555. The van der Waals surface area contributed by atoms with Gasteiger partial charge in [-0.3, -0.25) is 0 Å². The smallest absolute Gasteiger partial charge is 0.177 e. The van der Waals surface area contributed by atoms with Gasteiger partial charge >= 0.3 is 0 Å². The zero-order chi connectivity index (χ0) is 13.8. The fourth-order valence-corrected chi connectivity index (χ4v) is 2.73. The minimum Gasteiger partial charge on any atom is -0.394 e. The first kappa shape index (κ1) is 15.0. The highest BCUT2D eigenvalue weighted by molar-refractivity contribution is 7.90. The molecule has 102 valence electrons. The van der Waals surface area contributed by atoms with E-state index in [4.69, 9.17) is 0 Å². The molecule has 1 rings (SSSR count). The van der Waals surface area contributed by atoms with Gasteiger partial charge < -0.3 is 10.4 Å². The molecular formula is C13H21NO3S. The maximum Gasteiger partial charge on any atom is 0.177 e. The van der Waals surface area contributed by atoms with Gasteiger partial charge in [-0.25, -0.2) is 8.42 Å². The summed E-state index contributed by atoms with van der Waals surface area (Å²) < 4.78 is 23.3. The molecule has 2 N–H and O–H groups in total. The molecule has 1 aromatic carbocycles. The van der Waals surface area contributed by atoms with E-state index in [1.54, 1.807) is 24.3 Å². The van der Waals surface area contributed by atoms with Crippen molar-refractivity contribution in [3.63, 3.8) is 0 Å². The number of benzene rings is 1. The molecule has 0 spiro atoms. The lowest BCUT2D eigenvalue weighted by Gasteiger charge is -2.21. The SMILES string of the molecule is CC(C)CC(CO)Nc1ccccc1S(C)(=O)=O. The molecule has 0 saturated heterocycles. The fourth-order valence-electron chi connectivity index (χ4n) is 1.88. The molecule has 0 fully saturated rings. The van der Waals surface area contributed by atoms with Crippen LogP contribution in [-0.4, -0.2) is 32.4 Å². The molecule has 1 unspecified atom stereocenters. The average Bonchev–Trinajstić information content (AvgIpc) is 2.26. The van der Waals surface area contributed by atoms with Crippen molar-refractivity contribution in [3.8, 4) is 0 Å². The van der Waals surface area contributed by atoms with Gasteiger partial charge in [-0.2, -0.15) is 0 Å². The second-order valence-electron chi connectivity index (χ2n) is 4.92. The Morgan fingerprint density at radius 3 is 2.39 bits per heavy atom. The van der Waals surface area contributed by atoms with Crippen molar-refractivity contribution in [1.29, 1.82) is 0 Å². The molecule has 0 aliphatic rings. The summed E-state index contributed by atoms with van der Waals surface area (Å²) in [5.74, 6) is 0.431.